The first-order valence-electron chi connectivity index (χ1n) is 4.49. The van der Waals surface area contributed by atoms with Crippen molar-refractivity contribution in [2.45, 2.75) is 26.2 Å². The van der Waals surface area contributed by atoms with E-state index in [1.54, 1.807) is 6.20 Å². The van der Waals surface area contributed by atoms with Crippen LogP contribution < -0.4 is 0 Å². The van der Waals surface area contributed by atoms with Gasteiger partial charge in [-0.25, -0.2) is 4.79 Å². The van der Waals surface area contributed by atoms with Gasteiger partial charge in [0.05, 0.1) is 12.7 Å². The monoisotopic (exact) mass is 193 g/mol. The molecule has 0 N–H and O–H groups in total. The Hall–Kier alpha value is -1.38. The summed E-state index contributed by atoms with van der Waals surface area (Å²) in [5, 5.41) is 0. The fourth-order valence-electron chi connectivity index (χ4n) is 1.08. The SMILES string of the molecule is COC(=O)c1cncc(C(C)(C)C)c1. The lowest BCUT2D eigenvalue weighted by atomic mass is 9.88. The second kappa shape index (κ2) is 3.78. The summed E-state index contributed by atoms with van der Waals surface area (Å²) in [6.07, 6.45) is 3.29. The third-order valence-corrected chi connectivity index (χ3v) is 2.03. The van der Waals surface area contributed by atoms with Gasteiger partial charge in [0.15, 0.2) is 0 Å². The number of aromatic nitrogens is 1. The molecule has 0 aliphatic rings. The Balaban J connectivity index is 3.08. The molecule has 0 unspecified atom stereocenters. The standard InChI is InChI=1S/C11H15NO2/c1-11(2,3)9-5-8(6-12-7-9)10(13)14-4/h5-7H,1-4H3. The molecule has 1 heterocycles. The molecule has 0 fully saturated rings. The number of ether oxygens (including phenoxy) is 1. The average molecular weight is 193 g/mol. The molecule has 0 amide bonds. The smallest absolute Gasteiger partial charge is 0.339 e. The maximum Gasteiger partial charge on any atom is 0.339 e. The Morgan fingerprint density at radius 3 is 2.50 bits per heavy atom. The molecule has 0 radical (unpaired) electrons. The van der Waals surface area contributed by atoms with Gasteiger partial charge in [-0.2, -0.15) is 0 Å². The summed E-state index contributed by atoms with van der Waals surface area (Å²) in [5.41, 5.74) is 1.53. The lowest BCUT2D eigenvalue weighted by molar-refractivity contribution is 0.0600. The topological polar surface area (TPSA) is 39.2 Å². The van der Waals surface area contributed by atoms with Gasteiger partial charge < -0.3 is 4.74 Å². The zero-order valence-corrected chi connectivity index (χ0v) is 9.00. The van der Waals surface area contributed by atoms with Crippen molar-refractivity contribution >= 4 is 5.97 Å². The predicted octanol–water partition coefficient (Wildman–Crippen LogP) is 2.17. The lowest BCUT2D eigenvalue weighted by Crippen LogP contribution is -2.13. The molecule has 0 atom stereocenters. The van der Waals surface area contributed by atoms with Crippen molar-refractivity contribution in [2.24, 2.45) is 0 Å². The van der Waals surface area contributed by atoms with Gasteiger partial charge in [0, 0.05) is 12.4 Å². The molecule has 76 valence electrons. The van der Waals surface area contributed by atoms with Gasteiger partial charge in [-0.3, -0.25) is 4.98 Å². The van der Waals surface area contributed by atoms with Crippen LogP contribution in [-0.2, 0) is 10.2 Å². The summed E-state index contributed by atoms with van der Waals surface area (Å²) in [5.74, 6) is -0.344. The molecule has 14 heavy (non-hydrogen) atoms. The van der Waals surface area contributed by atoms with Crippen LogP contribution in [0.5, 0.6) is 0 Å². The van der Waals surface area contributed by atoms with Crippen molar-refractivity contribution < 1.29 is 9.53 Å². The minimum atomic E-state index is -0.344. The van der Waals surface area contributed by atoms with Gasteiger partial charge in [0.1, 0.15) is 0 Å². The van der Waals surface area contributed by atoms with Crippen LogP contribution in [0.2, 0.25) is 0 Å². The molecule has 3 nitrogen and oxygen atoms in total. The number of esters is 1. The maximum atomic E-state index is 11.2. The summed E-state index contributed by atoms with van der Waals surface area (Å²) in [4.78, 5) is 15.2. The van der Waals surface area contributed by atoms with Gasteiger partial charge in [0.25, 0.3) is 0 Å². The Kier molecular flexibility index (Phi) is 2.89. The van der Waals surface area contributed by atoms with Crippen LogP contribution >= 0.6 is 0 Å². The molecule has 0 saturated carbocycles. The quantitative estimate of drug-likeness (QED) is 0.641. The summed E-state index contributed by atoms with van der Waals surface area (Å²) < 4.78 is 4.62. The van der Waals surface area contributed by atoms with Crippen molar-refractivity contribution in [1.82, 2.24) is 4.98 Å². The molecule has 1 aromatic rings. The predicted molar refractivity (Wildman–Crippen MR) is 54.3 cm³/mol. The van der Waals surface area contributed by atoms with Crippen molar-refractivity contribution in [1.29, 1.82) is 0 Å². The third-order valence-electron chi connectivity index (χ3n) is 2.03. The zero-order chi connectivity index (χ0) is 10.8. The summed E-state index contributed by atoms with van der Waals surface area (Å²) in [6.45, 7) is 6.22. The molecule has 0 aromatic carbocycles. The number of methoxy groups -OCH3 is 1. The van der Waals surface area contributed by atoms with E-state index in [9.17, 15) is 4.79 Å². The Morgan fingerprint density at radius 1 is 1.36 bits per heavy atom. The van der Waals surface area contributed by atoms with Crippen molar-refractivity contribution in [2.75, 3.05) is 7.11 Å². The van der Waals surface area contributed by atoms with E-state index in [-0.39, 0.29) is 11.4 Å². The van der Waals surface area contributed by atoms with E-state index in [1.165, 1.54) is 13.3 Å². The van der Waals surface area contributed by atoms with Gasteiger partial charge in [-0.05, 0) is 17.0 Å². The number of pyridine rings is 1. The van der Waals surface area contributed by atoms with Gasteiger partial charge >= 0.3 is 5.97 Å². The van der Waals surface area contributed by atoms with Crippen LogP contribution in [0.1, 0.15) is 36.7 Å². The summed E-state index contributed by atoms with van der Waals surface area (Å²) in [7, 11) is 1.37. The number of carbonyl (C=O) groups is 1. The molecule has 0 saturated heterocycles. The van der Waals surface area contributed by atoms with Crippen LogP contribution in [0, 0.1) is 0 Å². The first-order chi connectivity index (χ1) is 6.45. The van der Waals surface area contributed by atoms with Crippen molar-refractivity contribution in [3.63, 3.8) is 0 Å². The first kappa shape index (κ1) is 10.7. The third kappa shape index (κ3) is 2.31. The number of nitrogens with zero attached hydrogens (tertiary/aromatic N) is 1. The molecule has 0 aliphatic carbocycles. The minimum absolute atomic E-state index is 0.00295. The highest BCUT2D eigenvalue weighted by Gasteiger charge is 2.16. The van der Waals surface area contributed by atoms with E-state index in [2.05, 4.69) is 30.5 Å². The normalized spacial score (nSPS) is 11.1. The highest BCUT2D eigenvalue weighted by atomic mass is 16.5. The molecular formula is C11H15NO2. The highest BCUT2D eigenvalue weighted by molar-refractivity contribution is 5.89. The van der Waals surface area contributed by atoms with Crippen molar-refractivity contribution in [3.05, 3.63) is 29.6 Å². The average Bonchev–Trinajstić information content (AvgIpc) is 2.15. The fraction of sp³-hybridized carbons (Fsp3) is 0.455. The molecule has 3 heteroatoms. The van der Waals surface area contributed by atoms with E-state index in [0.717, 1.165) is 5.56 Å². The van der Waals surface area contributed by atoms with Crippen LogP contribution in [0.25, 0.3) is 0 Å². The van der Waals surface area contributed by atoms with Gasteiger partial charge in [-0.1, -0.05) is 20.8 Å². The van der Waals surface area contributed by atoms with Gasteiger partial charge in [0.2, 0.25) is 0 Å². The molecule has 0 spiro atoms. The van der Waals surface area contributed by atoms with Crippen LogP contribution in [-0.4, -0.2) is 18.1 Å². The van der Waals surface area contributed by atoms with E-state index in [4.69, 9.17) is 0 Å². The lowest BCUT2D eigenvalue weighted by Gasteiger charge is -2.18. The number of carbonyl (C=O) groups excluding carboxylic acids is 1. The second-order valence-corrected chi connectivity index (χ2v) is 4.20. The Bertz CT molecular complexity index is 339. The minimum Gasteiger partial charge on any atom is -0.465 e. The van der Waals surface area contributed by atoms with Crippen molar-refractivity contribution in [3.8, 4) is 0 Å². The van der Waals surface area contributed by atoms with E-state index in [0.29, 0.717) is 5.56 Å². The number of hydrogen-bond acceptors (Lipinski definition) is 3. The van der Waals surface area contributed by atoms with Crippen LogP contribution in [0.4, 0.5) is 0 Å². The van der Waals surface area contributed by atoms with Crippen LogP contribution in [0.3, 0.4) is 0 Å². The number of rotatable bonds is 1. The molecule has 0 bridgehead atoms. The van der Waals surface area contributed by atoms with E-state index < -0.39 is 0 Å². The van der Waals surface area contributed by atoms with Gasteiger partial charge in [-0.15, -0.1) is 0 Å². The Morgan fingerprint density at radius 2 is 2.00 bits per heavy atom. The molecule has 1 aromatic heterocycles. The maximum absolute atomic E-state index is 11.2. The fourth-order valence-corrected chi connectivity index (χ4v) is 1.08. The Labute approximate surface area is 84.1 Å². The highest BCUT2D eigenvalue weighted by Crippen LogP contribution is 2.21. The first-order valence-corrected chi connectivity index (χ1v) is 4.49. The van der Waals surface area contributed by atoms with E-state index >= 15 is 0 Å². The summed E-state index contributed by atoms with van der Waals surface area (Å²) in [6, 6.07) is 1.82. The zero-order valence-electron chi connectivity index (χ0n) is 9.00. The van der Waals surface area contributed by atoms with Crippen LogP contribution in [0.15, 0.2) is 18.5 Å². The molecule has 1 rings (SSSR count). The second-order valence-electron chi connectivity index (χ2n) is 4.20. The van der Waals surface area contributed by atoms with E-state index in [1.807, 2.05) is 6.07 Å². The summed E-state index contributed by atoms with van der Waals surface area (Å²) >= 11 is 0. The molecule has 0 aliphatic heterocycles. The largest absolute Gasteiger partial charge is 0.465 e. The molecular weight excluding hydrogens is 178 g/mol. The number of hydrogen-bond donors (Lipinski definition) is 0.